The van der Waals surface area contributed by atoms with E-state index in [-0.39, 0.29) is 5.96 Å². The number of aromatic nitrogens is 1. The van der Waals surface area contributed by atoms with Gasteiger partial charge in [0.15, 0.2) is 5.96 Å². The van der Waals surface area contributed by atoms with Crippen molar-refractivity contribution >= 4 is 28.5 Å². The van der Waals surface area contributed by atoms with Crippen LogP contribution < -0.4 is 20.1 Å². The molecule has 29 heavy (non-hydrogen) atoms. The standard InChI is InChI=1S/C19H20N4O2.C2H4O2/c1-24-17-8-5-9-18(25-2)15(17)12-22-19(20)23-14-10-13-6-3-4-7-16(13)21-11-14;1-2(3)4/h3-11H,12H2,1-2H3,(H3,20,22,23);1H3,(H,3,4). The first-order valence-corrected chi connectivity index (χ1v) is 8.78. The second kappa shape index (κ2) is 10.5. The Morgan fingerprint density at radius 1 is 1.10 bits per heavy atom. The van der Waals surface area contributed by atoms with Gasteiger partial charge in [-0.2, -0.15) is 0 Å². The molecule has 0 spiro atoms. The summed E-state index contributed by atoms with van der Waals surface area (Å²) in [5.41, 5.74) is 2.53. The van der Waals surface area contributed by atoms with Crippen LogP contribution in [0.15, 0.2) is 54.7 Å². The van der Waals surface area contributed by atoms with Crippen LogP contribution >= 0.6 is 0 Å². The number of guanidine groups is 1. The van der Waals surface area contributed by atoms with Crippen LogP contribution in [0.5, 0.6) is 11.5 Å². The van der Waals surface area contributed by atoms with Gasteiger partial charge in [0.25, 0.3) is 5.97 Å². The SMILES string of the molecule is CC(=O)O.COc1cccc(OC)c1CNC(=N)Nc1cnc2ccccc2c1. The van der Waals surface area contributed by atoms with Crippen molar-refractivity contribution in [2.75, 3.05) is 19.5 Å². The second-order valence-corrected chi connectivity index (χ2v) is 5.93. The van der Waals surface area contributed by atoms with E-state index in [0.29, 0.717) is 18.0 Å². The van der Waals surface area contributed by atoms with Crippen LogP contribution in [0.2, 0.25) is 0 Å². The normalized spacial score (nSPS) is 9.76. The zero-order valence-electron chi connectivity index (χ0n) is 16.5. The van der Waals surface area contributed by atoms with Gasteiger partial charge in [0.1, 0.15) is 11.5 Å². The first-order valence-electron chi connectivity index (χ1n) is 8.78. The third kappa shape index (κ3) is 6.39. The summed E-state index contributed by atoms with van der Waals surface area (Å²) in [6.07, 6.45) is 1.71. The highest BCUT2D eigenvalue weighted by atomic mass is 16.5. The molecule has 0 radical (unpaired) electrons. The second-order valence-electron chi connectivity index (χ2n) is 5.93. The van der Waals surface area contributed by atoms with Crippen molar-refractivity contribution in [1.82, 2.24) is 10.3 Å². The molecule has 3 aromatic rings. The van der Waals surface area contributed by atoms with Gasteiger partial charge in [0.05, 0.1) is 43.7 Å². The Morgan fingerprint density at radius 2 is 1.72 bits per heavy atom. The molecule has 0 saturated carbocycles. The number of para-hydroxylation sites is 1. The fourth-order valence-electron chi connectivity index (χ4n) is 2.61. The van der Waals surface area contributed by atoms with Crippen LogP contribution in [0, 0.1) is 5.41 Å². The molecule has 8 nitrogen and oxygen atoms in total. The van der Waals surface area contributed by atoms with Gasteiger partial charge in [-0.15, -0.1) is 0 Å². The number of carboxylic acid groups (broad SMARTS) is 1. The molecule has 8 heteroatoms. The molecule has 0 aliphatic carbocycles. The lowest BCUT2D eigenvalue weighted by Crippen LogP contribution is -2.29. The molecule has 0 atom stereocenters. The van der Waals surface area contributed by atoms with E-state index < -0.39 is 5.97 Å². The number of rotatable bonds is 5. The molecule has 1 aromatic heterocycles. The smallest absolute Gasteiger partial charge is 0.300 e. The van der Waals surface area contributed by atoms with Gasteiger partial charge in [0.2, 0.25) is 0 Å². The Hall–Kier alpha value is -3.81. The molecule has 2 aromatic carbocycles. The van der Waals surface area contributed by atoms with Crippen molar-refractivity contribution in [1.29, 1.82) is 5.41 Å². The summed E-state index contributed by atoms with van der Waals surface area (Å²) in [6, 6.07) is 15.4. The molecule has 0 unspecified atom stereocenters. The van der Waals surface area contributed by atoms with Gasteiger partial charge in [-0.3, -0.25) is 15.2 Å². The minimum Gasteiger partial charge on any atom is -0.496 e. The number of carbonyl (C=O) groups is 1. The topological polar surface area (TPSA) is 117 Å². The molecule has 0 saturated heterocycles. The lowest BCUT2D eigenvalue weighted by molar-refractivity contribution is -0.134. The van der Waals surface area contributed by atoms with Crippen molar-refractivity contribution in [3.05, 3.63) is 60.3 Å². The molecular weight excluding hydrogens is 372 g/mol. The van der Waals surface area contributed by atoms with Gasteiger partial charge >= 0.3 is 0 Å². The van der Waals surface area contributed by atoms with E-state index in [4.69, 9.17) is 24.8 Å². The summed E-state index contributed by atoms with van der Waals surface area (Å²) in [5, 5.41) is 22.6. The van der Waals surface area contributed by atoms with Gasteiger partial charge < -0.3 is 25.2 Å². The van der Waals surface area contributed by atoms with Crippen LogP contribution in [0.1, 0.15) is 12.5 Å². The van der Waals surface area contributed by atoms with Crippen molar-refractivity contribution in [3.63, 3.8) is 0 Å². The summed E-state index contributed by atoms with van der Waals surface area (Å²) in [6.45, 7) is 1.49. The number of fused-ring (bicyclic) bond motifs is 1. The third-order valence-corrected chi connectivity index (χ3v) is 3.83. The number of methoxy groups -OCH3 is 2. The van der Waals surface area contributed by atoms with E-state index in [1.807, 2.05) is 48.5 Å². The van der Waals surface area contributed by atoms with Crippen molar-refractivity contribution in [2.24, 2.45) is 0 Å². The molecule has 0 aliphatic heterocycles. The van der Waals surface area contributed by atoms with E-state index in [9.17, 15) is 0 Å². The summed E-state index contributed by atoms with van der Waals surface area (Å²) in [4.78, 5) is 13.4. The summed E-state index contributed by atoms with van der Waals surface area (Å²) in [7, 11) is 3.23. The summed E-state index contributed by atoms with van der Waals surface area (Å²) >= 11 is 0. The Balaban J connectivity index is 0.000000687. The summed E-state index contributed by atoms with van der Waals surface area (Å²) < 4.78 is 10.7. The molecule has 0 fully saturated rings. The first-order chi connectivity index (χ1) is 13.9. The van der Waals surface area contributed by atoms with E-state index in [1.165, 1.54) is 0 Å². The number of carboxylic acids is 1. The maximum absolute atomic E-state index is 9.00. The highest BCUT2D eigenvalue weighted by Crippen LogP contribution is 2.27. The summed E-state index contributed by atoms with van der Waals surface area (Å²) in [5.74, 6) is 0.768. The van der Waals surface area contributed by atoms with E-state index >= 15 is 0 Å². The van der Waals surface area contributed by atoms with E-state index in [0.717, 1.165) is 29.1 Å². The maximum Gasteiger partial charge on any atom is 0.300 e. The van der Waals surface area contributed by atoms with Crippen LogP contribution in [0.4, 0.5) is 5.69 Å². The Labute approximate surface area is 169 Å². The number of ether oxygens (including phenoxy) is 2. The van der Waals surface area contributed by atoms with Crippen LogP contribution in [0.25, 0.3) is 10.9 Å². The quantitative estimate of drug-likeness (QED) is 0.385. The van der Waals surface area contributed by atoms with Gasteiger partial charge in [-0.25, -0.2) is 0 Å². The predicted octanol–water partition coefficient (Wildman–Crippen LogP) is 3.48. The third-order valence-electron chi connectivity index (χ3n) is 3.83. The Morgan fingerprint density at radius 3 is 2.34 bits per heavy atom. The van der Waals surface area contributed by atoms with Gasteiger partial charge in [0, 0.05) is 12.3 Å². The number of pyridine rings is 1. The number of nitrogens with one attached hydrogen (secondary N) is 3. The minimum atomic E-state index is -0.833. The van der Waals surface area contributed by atoms with Crippen molar-refractivity contribution < 1.29 is 19.4 Å². The maximum atomic E-state index is 9.00. The van der Waals surface area contributed by atoms with Crippen LogP contribution in [-0.4, -0.2) is 36.2 Å². The molecule has 152 valence electrons. The average Bonchev–Trinajstić information content (AvgIpc) is 2.71. The number of anilines is 1. The van der Waals surface area contributed by atoms with E-state index in [2.05, 4.69) is 15.6 Å². The zero-order valence-corrected chi connectivity index (χ0v) is 16.5. The number of aliphatic carboxylic acids is 1. The predicted molar refractivity (Wildman–Crippen MR) is 113 cm³/mol. The van der Waals surface area contributed by atoms with Gasteiger partial charge in [-0.1, -0.05) is 24.3 Å². The zero-order chi connectivity index (χ0) is 21.2. The minimum absolute atomic E-state index is 0.171. The van der Waals surface area contributed by atoms with Crippen LogP contribution in [0.3, 0.4) is 0 Å². The number of benzene rings is 2. The number of hydrogen-bond donors (Lipinski definition) is 4. The molecule has 0 amide bonds. The Bertz CT molecular complexity index is 965. The van der Waals surface area contributed by atoms with Crippen LogP contribution in [-0.2, 0) is 11.3 Å². The first kappa shape index (κ1) is 21.5. The fourth-order valence-corrected chi connectivity index (χ4v) is 2.61. The highest BCUT2D eigenvalue weighted by Gasteiger charge is 2.10. The monoisotopic (exact) mass is 396 g/mol. The lowest BCUT2D eigenvalue weighted by atomic mass is 10.1. The fraction of sp³-hybridized carbons (Fsp3) is 0.190. The van der Waals surface area contributed by atoms with Gasteiger partial charge in [-0.05, 0) is 24.3 Å². The molecule has 3 rings (SSSR count). The molecule has 4 N–H and O–H groups in total. The lowest BCUT2D eigenvalue weighted by Gasteiger charge is -2.15. The Kier molecular flexibility index (Phi) is 7.78. The highest BCUT2D eigenvalue weighted by molar-refractivity contribution is 5.93. The molecule has 1 heterocycles. The number of nitrogens with zero attached hydrogens (tertiary/aromatic N) is 1. The van der Waals surface area contributed by atoms with Crippen molar-refractivity contribution in [2.45, 2.75) is 13.5 Å². The largest absolute Gasteiger partial charge is 0.496 e. The number of hydrogen-bond acceptors (Lipinski definition) is 5. The molecule has 0 bridgehead atoms. The van der Waals surface area contributed by atoms with E-state index in [1.54, 1.807) is 20.4 Å². The van der Waals surface area contributed by atoms with Crippen molar-refractivity contribution in [3.8, 4) is 11.5 Å². The molecule has 0 aliphatic rings. The molecular formula is C21H24N4O4. The average molecular weight is 396 g/mol.